The van der Waals surface area contributed by atoms with Crippen LogP contribution in [0.4, 0.5) is 0 Å². The van der Waals surface area contributed by atoms with Gasteiger partial charge in [0.2, 0.25) is 0 Å². The highest BCUT2D eigenvalue weighted by molar-refractivity contribution is 5.73. The summed E-state index contributed by atoms with van der Waals surface area (Å²) in [5.41, 5.74) is -0.428. The van der Waals surface area contributed by atoms with Crippen molar-refractivity contribution in [1.29, 1.82) is 0 Å². The molecule has 0 radical (unpaired) electrons. The molecule has 0 aromatic heterocycles. The van der Waals surface area contributed by atoms with E-state index in [9.17, 15) is 10.0 Å². The number of nitrogens with zero attached hydrogens (tertiary/aromatic N) is 1. The van der Waals surface area contributed by atoms with Gasteiger partial charge in [-0.1, -0.05) is 6.92 Å². The van der Waals surface area contributed by atoms with E-state index in [4.69, 9.17) is 5.11 Å². The molecule has 0 saturated carbocycles. The van der Waals surface area contributed by atoms with E-state index in [1.54, 1.807) is 0 Å². The molecule has 0 aromatic carbocycles. The van der Waals surface area contributed by atoms with E-state index < -0.39 is 17.6 Å². The first-order valence-corrected chi connectivity index (χ1v) is 4.08. The van der Waals surface area contributed by atoms with E-state index in [2.05, 4.69) is 0 Å². The van der Waals surface area contributed by atoms with Gasteiger partial charge in [0.05, 0.1) is 0 Å². The van der Waals surface area contributed by atoms with Gasteiger partial charge in [-0.15, -0.1) is 0 Å². The van der Waals surface area contributed by atoms with Crippen molar-refractivity contribution < 1.29 is 15.1 Å². The van der Waals surface area contributed by atoms with Gasteiger partial charge in [-0.2, -0.15) is 5.06 Å². The Bertz CT molecular complexity index is 202. The molecule has 2 N–H and O–H groups in total. The van der Waals surface area contributed by atoms with Crippen molar-refractivity contribution in [3.05, 3.63) is 0 Å². The lowest BCUT2D eigenvalue weighted by atomic mass is 9.91. The number of carboxylic acid groups (broad SMARTS) is 1. The second kappa shape index (κ2) is 2.71. The molecule has 1 fully saturated rings. The van der Waals surface area contributed by atoms with Crippen LogP contribution in [0.1, 0.15) is 27.2 Å². The zero-order valence-electron chi connectivity index (χ0n) is 7.61. The third-order valence-electron chi connectivity index (χ3n) is 2.95. The summed E-state index contributed by atoms with van der Waals surface area (Å²) in [6.45, 7) is 5.65. The van der Waals surface area contributed by atoms with E-state index in [0.29, 0.717) is 6.42 Å². The van der Waals surface area contributed by atoms with Gasteiger partial charge in [0.15, 0.2) is 0 Å². The van der Waals surface area contributed by atoms with Crippen molar-refractivity contribution in [2.75, 3.05) is 0 Å². The van der Waals surface area contributed by atoms with Crippen LogP contribution in [0.25, 0.3) is 0 Å². The molecule has 0 spiro atoms. The molecular weight excluding hydrogens is 158 g/mol. The summed E-state index contributed by atoms with van der Waals surface area (Å²) in [4.78, 5) is 10.6. The molecule has 0 aliphatic carbocycles. The molecule has 1 saturated heterocycles. The van der Waals surface area contributed by atoms with Crippen LogP contribution in [0, 0.1) is 5.92 Å². The Morgan fingerprint density at radius 2 is 2.08 bits per heavy atom. The van der Waals surface area contributed by atoms with Gasteiger partial charge in [0.25, 0.3) is 0 Å². The van der Waals surface area contributed by atoms with Crippen molar-refractivity contribution in [1.82, 2.24) is 5.06 Å². The molecule has 2 unspecified atom stereocenters. The maximum Gasteiger partial charge on any atom is 0.323 e. The zero-order valence-corrected chi connectivity index (χ0v) is 7.61. The Hall–Kier alpha value is -0.610. The Labute approximate surface area is 71.8 Å². The van der Waals surface area contributed by atoms with E-state index >= 15 is 0 Å². The summed E-state index contributed by atoms with van der Waals surface area (Å²) in [7, 11) is 0. The minimum Gasteiger partial charge on any atom is -0.480 e. The summed E-state index contributed by atoms with van der Waals surface area (Å²) in [6, 6.07) is -0.741. The first-order valence-electron chi connectivity index (χ1n) is 4.08. The minimum absolute atomic E-state index is 0.198. The molecule has 1 aliphatic rings. The van der Waals surface area contributed by atoms with Crippen LogP contribution >= 0.6 is 0 Å². The summed E-state index contributed by atoms with van der Waals surface area (Å²) in [6.07, 6.45) is 0.513. The number of hydrogen-bond acceptors (Lipinski definition) is 3. The minimum atomic E-state index is -0.949. The molecule has 0 bridgehead atoms. The van der Waals surface area contributed by atoms with Gasteiger partial charge in [-0.3, -0.25) is 4.79 Å². The fourth-order valence-electron chi connectivity index (χ4n) is 1.56. The molecular formula is C8H15NO3. The van der Waals surface area contributed by atoms with Gasteiger partial charge in [-0.25, -0.2) is 0 Å². The zero-order chi connectivity index (χ0) is 9.52. The predicted octanol–water partition coefficient (Wildman–Crippen LogP) is 0.949. The third kappa shape index (κ3) is 1.21. The number of rotatable bonds is 1. The second-order valence-electron chi connectivity index (χ2n) is 3.99. The highest BCUT2D eigenvalue weighted by atomic mass is 16.5. The molecule has 2 atom stereocenters. The SMILES string of the molecule is CC1CC(C(=O)O)N(O)C1(C)C. The Kier molecular flexibility index (Phi) is 2.14. The summed E-state index contributed by atoms with van der Waals surface area (Å²) in [5, 5.41) is 19.2. The highest BCUT2D eigenvalue weighted by Gasteiger charge is 2.47. The molecule has 1 aliphatic heterocycles. The maximum absolute atomic E-state index is 10.6. The van der Waals surface area contributed by atoms with Gasteiger partial charge < -0.3 is 10.3 Å². The summed E-state index contributed by atoms with van der Waals surface area (Å²) in [5.74, 6) is -0.751. The molecule has 0 aromatic rings. The van der Waals surface area contributed by atoms with Crippen molar-refractivity contribution in [3.8, 4) is 0 Å². The van der Waals surface area contributed by atoms with Crippen LogP contribution in [0.15, 0.2) is 0 Å². The van der Waals surface area contributed by atoms with Crippen LogP contribution in [0.3, 0.4) is 0 Å². The lowest BCUT2D eigenvalue weighted by Crippen LogP contribution is -2.45. The van der Waals surface area contributed by atoms with Gasteiger partial charge >= 0.3 is 5.97 Å². The fraction of sp³-hybridized carbons (Fsp3) is 0.875. The smallest absolute Gasteiger partial charge is 0.323 e. The number of carbonyl (C=O) groups is 1. The van der Waals surface area contributed by atoms with Crippen LogP contribution < -0.4 is 0 Å². The highest BCUT2D eigenvalue weighted by Crippen LogP contribution is 2.36. The van der Waals surface area contributed by atoms with Gasteiger partial charge in [0.1, 0.15) is 6.04 Å². The molecule has 12 heavy (non-hydrogen) atoms. The van der Waals surface area contributed by atoms with E-state index in [0.717, 1.165) is 5.06 Å². The van der Waals surface area contributed by atoms with E-state index in [-0.39, 0.29) is 5.92 Å². The average Bonchev–Trinajstić information content (AvgIpc) is 2.13. The van der Waals surface area contributed by atoms with Crippen LogP contribution in [0.2, 0.25) is 0 Å². The predicted molar refractivity (Wildman–Crippen MR) is 42.9 cm³/mol. The maximum atomic E-state index is 10.6. The second-order valence-corrected chi connectivity index (χ2v) is 3.99. The van der Waals surface area contributed by atoms with Gasteiger partial charge in [0, 0.05) is 5.54 Å². The average molecular weight is 173 g/mol. The fourth-order valence-corrected chi connectivity index (χ4v) is 1.56. The molecule has 4 nitrogen and oxygen atoms in total. The first-order chi connectivity index (χ1) is 5.37. The lowest BCUT2D eigenvalue weighted by Gasteiger charge is -2.30. The molecule has 4 heteroatoms. The third-order valence-corrected chi connectivity index (χ3v) is 2.95. The number of aliphatic carboxylic acids is 1. The van der Waals surface area contributed by atoms with Crippen LogP contribution in [-0.4, -0.2) is 32.9 Å². The van der Waals surface area contributed by atoms with Crippen LogP contribution in [0.5, 0.6) is 0 Å². The largest absolute Gasteiger partial charge is 0.480 e. The standard InChI is InChI=1S/C8H15NO3/c1-5-4-6(7(10)11)9(12)8(5,2)3/h5-6,12H,4H2,1-3H3,(H,10,11). The van der Waals surface area contributed by atoms with Crippen molar-refractivity contribution >= 4 is 5.97 Å². The van der Waals surface area contributed by atoms with E-state index in [1.807, 2.05) is 20.8 Å². The summed E-state index contributed by atoms with van der Waals surface area (Å²) >= 11 is 0. The van der Waals surface area contributed by atoms with Crippen LogP contribution in [-0.2, 0) is 4.79 Å². The molecule has 70 valence electrons. The first kappa shape index (κ1) is 9.48. The molecule has 1 rings (SSSR count). The monoisotopic (exact) mass is 173 g/mol. The number of hydroxylamine groups is 2. The normalized spacial score (nSPS) is 35.3. The quantitative estimate of drug-likeness (QED) is 0.619. The Balaban J connectivity index is 2.83. The van der Waals surface area contributed by atoms with Crippen molar-refractivity contribution in [3.63, 3.8) is 0 Å². The number of carboxylic acids is 1. The Morgan fingerprint density at radius 1 is 1.58 bits per heavy atom. The molecule has 0 amide bonds. The number of hydrogen-bond donors (Lipinski definition) is 2. The topological polar surface area (TPSA) is 60.8 Å². The molecule has 1 heterocycles. The van der Waals surface area contributed by atoms with Gasteiger partial charge in [-0.05, 0) is 26.2 Å². The Morgan fingerprint density at radius 3 is 2.25 bits per heavy atom. The lowest BCUT2D eigenvalue weighted by molar-refractivity contribution is -0.187. The van der Waals surface area contributed by atoms with E-state index in [1.165, 1.54) is 0 Å². The van der Waals surface area contributed by atoms with Crippen molar-refractivity contribution in [2.45, 2.75) is 38.8 Å². The summed E-state index contributed by atoms with van der Waals surface area (Å²) < 4.78 is 0. The van der Waals surface area contributed by atoms with Crippen molar-refractivity contribution in [2.24, 2.45) is 5.92 Å².